The maximum absolute atomic E-state index is 11.2. The smallest absolute Gasteiger partial charge is 0.159 e. The van der Waals surface area contributed by atoms with E-state index < -0.39 is 0 Å². The van der Waals surface area contributed by atoms with Crippen molar-refractivity contribution in [1.29, 1.82) is 0 Å². The molecule has 0 N–H and O–H groups in total. The molecule has 22 heavy (non-hydrogen) atoms. The van der Waals surface area contributed by atoms with E-state index in [1.54, 1.807) is 25.3 Å². The molecule has 3 heteroatoms. The van der Waals surface area contributed by atoms with E-state index in [2.05, 4.69) is 35.1 Å². The van der Waals surface area contributed by atoms with Gasteiger partial charge in [0.05, 0.1) is 23.1 Å². The Morgan fingerprint density at radius 1 is 1.05 bits per heavy atom. The molecule has 2 aromatic carbocycles. The van der Waals surface area contributed by atoms with Crippen LogP contribution in [0.3, 0.4) is 0 Å². The van der Waals surface area contributed by atoms with Gasteiger partial charge in [0.2, 0.25) is 0 Å². The number of benzene rings is 2. The number of Topliss-reactive ketones (excluding diaryl/α,β-unsaturated/α-hetero) is 1. The van der Waals surface area contributed by atoms with Crippen LogP contribution < -0.4 is 0 Å². The second-order valence-electron chi connectivity index (χ2n) is 5.29. The number of fused-ring (bicyclic) bond motifs is 1. The molecule has 3 rings (SSSR count). The zero-order valence-corrected chi connectivity index (χ0v) is 12.6. The van der Waals surface area contributed by atoms with Crippen LogP contribution in [0.5, 0.6) is 0 Å². The Hall–Kier alpha value is -2.81. The molecule has 1 aromatic heterocycles. The summed E-state index contributed by atoms with van der Waals surface area (Å²) in [5.41, 5.74) is 4.49. The summed E-state index contributed by atoms with van der Waals surface area (Å²) in [7, 11) is 0. The molecular weight excluding hydrogens is 272 g/mol. The number of aromatic nitrogens is 1. The van der Waals surface area contributed by atoms with E-state index in [0.717, 1.165) is 22.3 Å². The topological polar surface area (TPSA) is 42.3 Å². The van der Waals surface area contributed by atoms with Crippen molar-refractivity contribution >= 4 is 28.6 Å². The van der Waals surface area contributed by atoms with Crippen LogP contribution >= 0.6 is 0 Å². The largest absolute Gasteiger partial charge is 0.295 e. The molecule has 0 saturated heterocycles. The Kier molecular flexibility index (Phi) is 3.79. The fourth-order valence-corrected chi connectivity index (χ4v) is 2.26. The molecule has 0 amide bonds. The monoisotopic (exact) mass is 288 g/mol. The van der Waals surface area contributed by atoms with Crippen molar-refractivity contribution in [3.05, 3.63) is 71.4 Å². The van der Waals surface area contributed by atoms with Crippen molar-refractivity contribution in [3.63, 3.8) is 0 Å². The molecule has 0 aliphatic rings. The molecule has 0 saturated carbocycles. The van der Waals surface area contributed by atoms with Crippen molar-refractivity contribution in [1.82, 2.24) is 4.98 Å². The SMILES string of the molecule is CC(=O)c1ccc(N=Cc2ccc3cc(C)ccc3n2)cc1. The normalized spacial score (nSPS) is 11.2. The minimum atomic E-state index is 0.0574. The third-order valence-corrected chi connectivity index (χ3v) is 3.49. The summed E-state index contributed by atoms with van der Waals surface area (Å²) in [5.74, 6) is 0.0574. The first-order chi connectivity index (χ1) is 10.6. The maximum atomic E-state index is 11.2. The molecule has 1 heterocycles. The summed E-state index contributed by atoms with van der Waals surface area (Å²) in [6.45, 7) is 3.62. The molecule has 3 aromatic rings. The summed E-state index contributed by atoms with van der Waals surface area (Å²) >= 11 is 0. The summed E-state index contributed by atoms with van der Waals surface area (Å²) in [4.78, 5) is 20.2. The summed E-state index contributed by atoms with van der Waals surface area (Å²) in [5, 5.41) is 1.13. The number of carbonyl (C=O) groups is 1. The fourth-order valence-electron chi connectivity index (χ4n) is 2.26. The predicted molar refractivity (Wildman–Crippen MR) is 90.2 cm³/mol. The lowest BCUT2D eigenvalue weighted by Gasteiger charge is -2.00. The van der Waals surface area contributed by atoms with Crippen LogP contribution in [0.4, 0.5) is 5.69 Å². The Balaban J connectivity index is 1.85. The van der Waals surface area contributed by atoms with E-state index in [4.69, 9.17) is 0 Å². The van der Waals surface area contributed by atoms with Crippen molar-refractivity contribution in [2.45, 2.75) is 13.8 Å². The van der Waals surface area contributed by atoms with Crippen LogP contribution in [0.25, 0.3) is 10.9 Å². The average molecular weight is 288 g/mol. The fraction of sp³-hybridized carbons (Fsp3) is 0.105. The van der Waals surface area contributed by atoms with Gasteiger partial charge in [-0.3, -0.25) is 9.79 Å². The van der Waals surface area contributed by atoms with Gasteiger partial charge in [0.25, 0.3) is 0 Å². The Morgan fingerprint density at radius 3 is 2.55 bits per heavy atom. The van der Waals surface area contributed by atoms with Gasteiger partial charge in [0.1, 0.15) is 0 Å². The molecule has 0 spiro atoms. The first-order valence-corrected chi connectivity index (χ1v) is 7.14. The molecule has 0 aliphatic heterocycles. The zero-order valence-electron chi connectivity index (χ0n) is 12.6. The van der Waals surface area contributed by atoms with Crippen molar-refractivity contribution in [2.75, 3.05) is 0 Å². The van der Waals surface area contributed by atoms with Crippen LogP contribution in [0.2, 0.25) is 0 Å². The molecule has 0 aliphatic carbocycles. The summed E-state index contributed by atoms with van der Waals surface area (Å²) < 4.78 is 0. The minimum Gasteiger partial charge on any atom is -0.295 e. The van der Waals surface area contributed by atoms with E-state index in [1.165, 1.54) is 5.56 Å². The van der Waals surface area contributed by atoms with E-state index in [9.17, 15) is 4.79 Å². The van der Waals surface area contributed by atoms with Gasteiger partial charge in [0, 0.05) is 10.9 Å². The highest BCUT2D eigenvalue weighted by Gasteiger charge is 1.99. The third kappa shape index (κ3) is 3.09. The third-order valence-electron chi connectivity index (χ3n) is 3.49. The lowest BCUT2D eigenvalue weighted by atomic mass is 10.1. The van der Waals surface area contributed by atoms with E-state index in [-0.39, 0.29) is 5.78 Å². The number of aryl methyl sites for hydroxylation is 1. The van der Waals surface area contributed by atoms with Crippen molar-refractivity contribution in [2.24, 2.45) is 4.99 Å². The van der Waals surface area contributed by atoms with E-state index in [0.29, 0.717) is 5.56 Å². The number of carbonyl (C=O) groups excluding carboxylic acids is 1. The maximum Gasteiger partial charge on any atom is 0.159 e. The lowest BCUT2D eigenvalue weighted by Crippen LogP contribution is -1.90. The average Bonchev–Trinajstić information content (AvgIpc) is 2.53. The highest BCUT2D eigenvalue weighted by Crippen LogP contribution is 2.16. The van der Waals surface area contributed by atoms with Gasteiger partial charge < -0.3 is 0 Å². The van der Waals surface area contributed by atoms with Gasteiger partial charge in [-0.15, -0.1) is 0 Å². The molecular formula is C19H16N2O. The molecule has 0 bridgehead atoms. The van der Waals surface area contributed by atoms with Crippen LogP contribution in [-0.4, -0.2) is 17.0 Å². The first-order valence-electron chi connectivity index (χ1n) is 7.14. The van der Waals surface area contributed by atoms with Gasteiger partial charge in [0.15, 0.2) is 5.78 Å². The zero-order chi connectivity index (χ0) is 15.5. The molecule has 0 fully saturated rings. The minimum absolute atomic E-state index is 0.0574. The quantitative estimate of drug-likeness (QED) is 0.526. The molecule has 0 unspecified atom stereocenters. The van der Waals surface area contributed by atoms with Gasteiger partial charge in [-0.2, -0.15) is 0 Å². The van der Waals surface area contributed by atoms with Crippen molar-refractivity contribution in [3.8, 4) is 0 Å². The van der Waals surface area contributed by atoms with Crippen LogP contribution in [0, 0.1) is 6.92 Å². The number of hydrogen-bond acceptors (Lipinski definition) is 3. The molecule has 108 valence electrons. The Labute approximate surface area is 129 Å². The number of aliphatic imine (C=N–C) groups is 1. The standard InChI is InChI=1S/C19H16N2O/c1-13-3-10-19-16(11-13)6-9-18(21-19)12-20-17-7-4-15(5-8-17)14(2)22/h3-12H,1-2H3. The van der Waals surface area contributed by atoms with Crippen molar-refractivity contribution < 1.29 is 4.79 Å². The van der Waals surface area contributed by atoms with E-state index in [1.807, 2.05) is 24.3 Å². The van der Waals surface area contributed by atoms with Gasteiger partial charge in [-0.1, -0.05) is 17.7 Å². The van der Waals surface area contributed by atoms with Crippen LogP contribution in [0.15, 0.2) is 59.6 Å². The number of rotatable bonds is 3. The van der Waals surface area contributed by atoms with Gasteiger partial charge >= 0.3 is 0 Å². The highest BCUT2D eigenvalue weighted by atomic mass is 16.1. The number of hydrogen-bond donors (Lipinski definition) is 0. The molecule has 3 nitrogen and oxygen atoms in total. The first kappa shape index (κ1) is 14.1. The molecule has 0 radical (unpaired) electrons. The Bertz CT molecular complexity index is 864. The number of pyridine rings is 1. The molecule has 0 atom stereocenters. The predicted octanol–water partition coefficient (Wildman–Crippen LogP) is 4.50. The highest BCUT2D eigenvalue weighted by molar-refractivity contribution is 5.94. The van der Waals surface area contributed by atoms with Crippen LogP contribution in [0.1, 0.15) is 28.5 Å². The number of nitrogens with zero attached hydrogens (tertiary/aromatic N) is 2. The lowest BCUT2D eigenvalue weighted by molar-refractivity contribution is 0.101. The van der Waals surface area contributed by atoms with Gasteiger partial charge in [-0.25, -0.2) is 4.98 Å². The number of ketones is 1. The van der Waals surface area contributed by atoms with E-state index >= 15 is 0 Å². The summed E-state index contributed by atoms with van der Waals surface area (Å²) in [6, 6.07) is 17.4. The second kappa shape index (κ2) is 5.90. The second-order valence-corrected chi connectivity index (χ2v) is 5.29. The Morgan fingerprint density at radius 2 is 1.82 bits per heavy atom. The van der Waals surface area contributed by atoms with Crippen LogP contribution in [-0.2, 0) is 0 Å². The summed E-state index contributed by atoms with van der Waals surface area (Å²) in [6.07, 6.45) is 1.74. The van der Waals surface area contributed by atoms with Gasteiger partial charge in [-0.05, 0) is 56.3 Å².